The lowest BCUT2D eigenvalue weighted by Crippen LogP contribution is -2.15. The zero-order chi connectivity index (χ0) is 15.1. The van der Waals surface area contributed by atoms with Crippen LogP contribution in [0.25, 0.3) is 0 Å². The van der Waals surface area contributed by atoms with Crippen molar-refractivity contribution in [2.75, 3.05) is 0 Å². The highest BCUT2D eigenvalue weighted by molar-refractivity contribution is 5.96. The first-order valence-electron chi connectivity index (χ1n) is 7.09. The van der Waals surface area contributed by atoms with Gasteiger partial charge >= 0.3 is 0 Å². The summed E-state index contributed by atoms with van der Waals surface area (Å²) in [5.41, 5.74) is 10.1. The molecule has 0 heterocycles. The number of oxime groups is 1. The maximum atomic E-state index is 8.62. The van der Waals surface area contributed by atoms with Crippen molar-refractivity contribution in [3.63, 3.8) is 0 Å². The second-order valence-electron chi connectivity index (χ2n) is 4.91. The van der Waals surface area contributed by atoms with E-state index in [0.717, 1.165) is 25.1 Å². The number of hydrogen-bond donors (Lipinski definition) is 3. The normalized spacial score (nSPS) is 11.6. The molecule has 0 bridgehead atoms. The van der Waals surface area contributed by atoms with Crippen molar-refractivity contribution in [1.29, 1.82) is 0 Å². The first-order valence-corrected chi connectivity index (χ1v) is 7.09. The van der Waals surface area contributed by atoms with Crippen LogP contribution >= 0.6 is 0 Å². The summed E-state index contributed by atoms with van der Waals surface area (Å²) in [5, 5.41) is 15.1. The van der Waals surface area contributed by atoms with E-state index in [2.05, 4.69) is 41.7 Å². The van der Waals surface area contributed by atoms with Gasteiger partial charge in [0.15, 0.2) is 5.84 Å². The molecule has 4 N–H and O–H groups in total. The van der Waals surface area contributed by atoms with Crippen LogP contribution in [0.15, 0.2) is 53.7 Å². The van der Waals surface area contributed by atoms with Crippen LogP contribution in [-0.2, 0) is 19.5 Å². The Kier molecular flexibility index (Phi) is 5.35. The second-order valence-corrected chi connectivity index (χ2v) is 4.91. The Morgan fingerprint density at radius 3 is 2.33 bits per heavy atom. The largest absolute Gasteiger partial charge is 0.409 e. The number of nitrogens with one attached hydrogen (secondary N) is 1. The minimum atomic E-state index is 0.131. The molecule has 4 nitrogen and oxygen atoms in total. The molecule has 0 spiro atoms. The van der Waals surface area contributed by atoms with Crippen LogP contribution in [0, 0.1) is 0 Å². The van der Waals surface area contributed by atoms with Gasteiger partial charge in [-0.1, -0.05) is 60.6 Å². The van der Waals surface area contributed by atoms with Gasteiger partial charge in [0.1, 0.15) is 0 Å². The molecule has 2 aromatic carbocycles. The molecule has 0 aromatic heterocycles. The van der Waals surface area contributed by atoms with E-state index in [-0.39, 0.29) is 5.84 Å². The Morgan fingerprint density at radius 1 is 1.05 bits per heavy atom. The van der Waals surface area contributed by atoms with E-state index in [0.29, 0.717) is 0 Å². The lowest BCUT2D eigenvalue weighted by Gasteiger charge is -2.09. The zero-order valence-corrected chi connectivity index (χ0v) is 12.2. The fraction of sp³-hybridized carbons (Fsp3) is 0.235. The standard InChI is InChI=1S/C17H21N3O/c1-2-14-5-3-4-6-16(14)12-19-11-13-7-9-15(10-8-13)17(18)20-21/h3-10,19,21H,2,11-12H2,1H3,(H2,18,20). The third-order valence-corrected chi connectivity index (χ3v) is 3.50. The van der Waals surface area contributed by atoms with Gasteiger partial charge in [0.2, 0.25) is 0 Å². The summed E-state index contributed by atoms with van der Waals surface area (Å²) >= 11 is 0. The van der Waals surface area contributed by atoms with Gasteiger partial charge in [-0.05, 0) is 23.1 Å². The molecule has 2 rings (SSSR count). The third-order valence-electron chi connectivity index (χ3n) is 3.50. The number of aryl methyl sites for hydroxylation is 1. The zero-order valence-electron chi connectivity index (χ0n) is 12.2. The fourth-order valence-corrected chi connectivity index (χ4v) is 2.27. The van der Waals surface area contributed by atoms with Crippen molar-refractivity contribution in [3.05, 3.63) is 70.8 Å². The molecule has 0 aliphatic rings. The number of hydrogen-bond acceptors (Lipinski definition) is 3. The number of amidine groups is 1. The Morgan fingerprint density at radius 2 is 1.71 bits per heavy atom. The van der Waals surface area contributed by atoms with Crippen molar-refractivity contribution in [1.82, 2.24) is 5.32 Å². The molecule has 0 saturated carbocycles. The van der Waals surface area contributed by atoms with Gasteiger partial charge < -0.3 is 16.3 Å². The molecule has 0 radical (unpaired) electrons. The maximum absolute atomic E-state index is 8.62. The molecule has 0 atom stereocenters. The Labute approximate surface area is 125 Å². The second kappa shape index (κ2) is 7.45. The lowest BCUT2D eigenvalue weighted by atomic mass is 10.1. The van der Waals surface area contributed by atoms with Gasteiger partial charge in [-0.3, -0.25) is 0 Å². The van der Waals surface area contributed by atoms with E-state index >= 15 is 0 Å². The summed E-state index contributed by atoms with van der Waals surface area (Å²) in [4.78, 5) is 0. The molecular formula is C17H21N3O. The van der Waals surface area contributed by atoms with Crippen molar-refractivity contribution in [2.45, 2.75) is 26.4 Å². The predicted molar refractivity (Wildman–Crippen MR) is 85.3 cm³/mol. The molecule has 0 aliphatic heterocycles. The van der Waals surface area contributed by atoms with Crippen molar-refractivity contribution in [2.24, 2.45) is 10.9 Å². The van der Waals surface area contributed by atoms with Crippen LogP contribution in [0.1, 0.15) is 29.2 Å². The highest BCUT2D eigenvalue weighted by Gasteiger charge is 2.01. The summed E-state index contributed by atoms with van der Waals surface area (Å²) in [6.45, 7) is 3.81. The van der Waals surface area contributed by atoms with Crippen LogP contribution in [0.4, 0.5) is 0 Å². The molecule has 0 fully saturated rings. The van der Waals surface area contributed by atoms with Crippen LogP contribution < -0.4 is 11.1 Å². The average Bonchev–Trinajstić information content (AvgIpc) is 2.55. The summed E-state index contributed by atoms with van der Waals surface area (Å²) in [5.74, 6) is 0.131. The van der Waals surface area contributed by atoms with Gasteiger partial charge in [0.25, 0.3) is 0 Å². The molecule has 110 valence electrons. The smallest absolute Gasteiger partial charge is 0.170 e. The highest BCUT2D eigenvalue weighted by Crippen LogP contribution is 2.10. The molecule has 0 aliphatic carbocycles. The summed E-state index contributed by atoms with van der Waals surface area (Å²) in [7, 11) is 0. The van der Waals surface area contributed by atoms with E-state index in [4.69, 9.17) is 10.9 Å². The van der Waals surface area contributed by atoms with Gasteiger partial charge in [0.05, 0.1) is 0 Å². The molecular weight excluding hydrogens is 262 g/mol. The molecule has 0 unspecified atom stereocenters. The summed E-state index contributed by atoms with van der Waals surface area (Å²) in [6.07, 6.45) is 1.05. The first-order chi connectivity index (χ1) is 10.2. The predicted octanol–water partition coefficient (Wildman–Crippen LogP) is 2.63. The minimum Gasteiger partial charge on any atom is -0.409 e. The van der Waals surface area contributed by atoms with E-state index in [1.165, 1.54) is 16.7 Å². The fourth-order valence-electron chi connectivity index (χ4n) is 2.27. The Hall–Kier alpha value is -2.33. The minimum absolute atomic E-state index is 0.131. The SMILES string of the molecule is CCc1ccccc1CNCc1ccc(C(N)=NO)cc1. The van der Waals surface area contributed by atoms with Crippen LogP contribution in [0.3, 0.4) is 0 Å². The summed E-state index contributed by atoms with van der Waals surface area (Å²) < 4.78 is 0. The first kappa shape index (κ1) is 15.1. The highest BCUT2D eigenvalue weighted by atomic mass is 16.4. The third kappa shape index (κ3) is 4.07. The van der Waals surface area contributed by atoms with E-state index in [1.807, 2.05) is 24.3 Å². The van der Waals surface area contributed by atoms with Gasteiger partial charge in [-0.2, -0.15) is 0 Å². The van der Waals surface area contributed by atoms with E-state index in [9.17, 15) is 0 Å². The molecule has 21 heavy (non-hydrogen) atoms. The van der Waals surface area contributed by atoms with Crippen LogP contribution in [0.5, 0.6) is 0 Å². The van der Waals surface area contributed by atoms with Gasteiger partial charge in [0, 0.05) is 18.7 Å². The number of benzene rings is 2. The quantitative estimate of drug-likeness (QED) is 0.330. The van der Waals surface area contributed by atoms with Crippen LogP contribution in [0.2, 0.25) is 0 Å². The number of rotatable bonds is 6. The maximum Gasteiger partial charge on any atom is 0.170 e. The topological polar surface area (TPSA) is 70.6 Å². The average molecular weight is 283 g/mol. The Balaban J connectivity index is 1.91. The Bertz CT molecular complexity index is 606. The van der Waals surface area contributed by atoms with Gasteiger partial charge in [-0.15, -0.1) is 0 Å². The lowest BCUT2D eigenvalue weighted by molar-refractivity contribution is 0.318. The molecule has 4 heteroatoms. The molecule has 2 aromatic rings. The summed E-state index contributed by atoms with van der Waals surface area (Å²) in [6, 6.07) is 16.1. The molecule has 0 amide bonds. The van der Waals surface area contributed by atoms with Crippen LogP contribution in [-0.4, -0.2) is 11.0 Å². The molecule has 0 saturated heterocycles. The van der Waals surface area contributed by atoms with Crippen molar-refractivity contribution < 1.29 is 5.21 Å². The van der Waals surface area contributed by atoms with E-state index < -0.39 is 0 Å². The van der Waals surface area contributed by atoms with Gasteiger partial charge in [-0.25, -0.2) is 0 Å². The van der Waals surface area contributed by atoms with Crippen molar-refractivity contribution >= 4 is 5.84 Å². The number of nitrogens with two attached hydrogens (primary N) is 1. The van der Waals surface area contributed by atoms with Crippen molar-refractivity contribution in [3.8, 4) is 0 Å². The van der Waals surface area contributed by atoms with E-state index in [1.54, 1.807) is 0 Å². The monoisotopic (exact) mass is 283 g/mol. The number of nitrogens with zero attached hydrogens (tertiary/aromatic N) is 1.